The van der Waals surface area contributed by atoms with Crippen LogP contribution in [-0.2, 0) is 6.54 Å². The molecule has 1 aromatic heterocycles. The van der Waals surface area contributed by atoms with Crippen LogP contribution in [0.3, 0.4) is 0 Å². The zero-order chi connectivity index (χ0) is 18.5. The first kappa shape index (κ1) is 31.9. The molecule has 2 heterocycles. The van der Waals surface area contributed by atoms with Gasteiger partial charge in [-0.1, -0.05) is 31.4 Å². The maximum Gasteiger partial charge on any atom is 0.230 e. The lowest BCUT2D eigenvalue weighted by atomic mass is 9.89. The van der Waals surface area contributed by atoms with Crippen molar-refractivity contribution < 1.29 is 5.71 Å². The highest BCUT2D eigenvalue weighted by Crippen LogP contribution is 2.32. The fourth-order valence-corrected chi connectivity index (χ4v) is 4.12. The molecule has 15 N–H and O–H groups in total. The van der Waals surface area contributed by atoms with E-state index < -0.39 is 0 Å². The maximum atomic E-state index is 5.90. The van der Waals surface area contributed by atoms with E-state index in [9.17, 15) is 0 Å². The molecule has 1 aliphatic heterocycles. The Morgan fingerprint density at radius 1 is 0.906 bits per heavy atom. The minimum absolute atomic E-state index is 0. The number of hydrogen-bond donors (Lipinski definition) is 6. The number of nitrogen functional groups attached to an aromatic ring is 1. The van der Waals surface area contributed by atoms with Gasteiger partial charge in [-0.3, -0.25) is 0 Å². The molecule has 11 heteroatoms. The van der Waals surface area contributed by atoms with Crippen molar-refractivity contribution in [2.75, 3.05) is 29.0 Å². The molecular weight excluding hydrogens is 428 g/mol. The molecular formula is C21H51ClN10. The molecule has 0 radical (unpaired) electrons. The van der Waals surface area contributed by atoms with E-state index in [0.29, 0.717) is 18.4 Å². The molecule has 1 aliphatic carbocycles. The van der Waals surface area contributed by atoms with Gasteiger partial charge in [0.05, 0.1) is 0 Å². The SMILES string of the molecule is Cl.N.N.N.N.Nc1cccc(CNc2nc(C3CCCCC3)nc(N3CCCCC3)n2)c1.[HH].[HH].[HH].[HH]. The Hall–Kier alpha value is -2.24. The van der Waals surface area contributed by atoms with Crippen LogP contribution in [0.1, 0.15) is 74.4 Å². The van der Waals surface area contributed by atoms with Crippen molar-refractivity contribution in [3.63, 3.8) is 0 Å². The summed E-state index contributed by atoms with van der Waals surface area (Å²) in [6.07, 6.45) is 10.0. The normalized spacial score (nSPS) is 15.6. The fourth-order valence-electron chi connectivity index (χ4n) is 4.12. The average molecular weight is 479 g/mol. The van der Waals surface area contributed by atoms with Crippen LogP contribution in [0.15, 0.2) is 24.3 Å². The van der Waals surface area contributed by atoms with Gasteiger partial charge in [0.25, 0.3) is 0 Å². The van der Waals surface area contributed by atoms with Gasteiger partial charge >= 0.3 is 0 Å². The van der Waals surface area contributed by atoms with E-state index in [0.717, 1.165) is 36.1 Å². The Morgan fingerprint density at radius 2 is 1.56 bits per heavy atom. The van der Waals surface area contributed by atoms with E-state index in [1.165, 1.54) is 51.4 Å². The number of nitrogens with two attached hydrogens (primary N) is 1. The third-order valence-corrected chi connectivity index (χ3v) is 5.65. The maximum absolute atomic E-state index is 5.90. The van der Waals surface area contributed by atoms with Gasteiger partial charge in [-0.05, 0) is 49.8 Å². The Balaban J connectivity index is -0.000000250. The standard InChI is InChI=1S/C21H30N6.ClH.4H3N.4H2/c22-18-11-7-8-16(14-18)15-23-20-24-19(17-9-3-1-4-10-17)25-21(26-20)27-12-5-2-6-13-27;;;;;;;;;/h7-8,11,14,17H,1-6,9-10,12-13,15,22H2,(H,23,24,25,26);1H;4*1H3;4*1H. The predicted molar refractivity (Wildman–Crippen MR) is 146 cm³/mol. The van der Waals surface area contributed by atoms with Crippen LogP contribution >= 0.6 is 12.4 Å². The van der Waals surface area contributed by atoms with Gasteiger partial charge in [0.2, 0.25) is 11.9 Å². The summed E-state index contributed by atoms with van der Waals surface area (Å²) in [6.45, 7) is 2.75. The summed E-state index contributed by atoms with van der Waals surface area (Å²) < 4.78 is 0. The number of anilines is 3. The third-order valence-electron chi connectivity index (χ3n) is 5.65. The first-order valence-corrected chi connectivity index (χ1v) is 10.4. The molecule has 0 atom stereocenters. The molecule has 0 bridgehead atoms. The molecule has 0 unspecified atom stereocenters. The zero-order valence-electron chi connectivity index (χ0n) is 19.3. The van der Waals surface area contributed by atoms with Gasteiger partial charge < -0.3 is 40.6 Å². The van der Waals surface area contributed by atoms with Gasteiger partial charge in [0, 0.05) is 36.9 Å². The van der Waals surface area contributed by atoms with Crippen LogP contribution in [0.25, 0.3) is 0 Å². The fraction of sp³-hybridized carbons (Fsp3) is 0.571. The van der Waals surface area contributed by atoms with Crippen molar-refractivity contribution >= 4 is 30.0 Å². The molecule has 2 aliphatic rings. The number of halogens is 1. The lowest BCUT2D eigenvalue weighted by molar-refractivity contribution is 0.427. The second-order valence-electron chi connectivity index (χ2n) is 7.80. The minimum Gasteiger partial charge on any atom is -0.399 e. The minimum atomic E-state index is 0. The van der Waals surface area contributed by atoms with Crippen LogP contribution in [0, 0.1) is 0 Å². The lowest BCUT2D eigenvalue weighted by Gasteiger charge is -2.28. The Kier molecular flexibility index (Phi) is 15.5. The van der Waals surface area contributed by atoms with Gasteiger partial charge in [0.1, 0.15) is 5.82 Å². The van der Waals surface area contributed by atoms with E-state index in [1.807, 2.05) is 18.2 Å². The molecule has 10 nitrogen and oxygen atoms in total. The Bertz CT molecular complexity index is 746. The van der Waals surface area contributed by atoms with E-state index in [2.05, 4.69) is 16.3 Å². The summed E-state index contributed by atoms with van der Waals surface area (Å²) in [7, 11) is 0. The van der Waals surface area contributed by atoms with E-state index in [-0.39, 0.29) is 42.7 Å². The molecule has 1 saturated carbocycles. The highest BCUT2D eigenvalue weighted by atomic mass is 35.5. The molecule has 0 spiro atoms. The quantitative estimate of drug-likeness (QED) is 0.268. The summed E-state index contributed by atoms with van der Waals surface area (Å²) in [6, 6.07) is 7.94. The molecule has 192 valence electrons. The number of piperidine rings is 1. The van der Waals surface area contributed by atoms with Crippen molar-refractivity contribution in [2.24, 2.45) is 0 Å². The number of benzene rings is 1. The second-order valence-corrected chi connectivity index (χ2v) is 7.80. The smallest absolute Gasteiger partial charge is 0.230 e. The van der Waals surface area contributed by atoms with Gasteiger partial charge in [-0.15, -0.1) is 12.4 Å². The first-order chi connectivity index (χ1) is 13.3. The van der Waals surface area contributed by atoms with Crippen molar-refractivity contribution in [1.82, 2.24) is 39.6 Å². The summed E-state index contributed by atoms with van der Waals surface area (Å²) >= 11 is 0. The summed E-state index contributed by atoms with van der Waals surface area (Å²) in [5.74, 6) is 2.98. The summed E-state index contributed by atoms with van der Waals surface area (Å²) in [5.41, 5.74) is 7.81. The molecule has 2 fully saturated rings. The molecule has 0 amide bonds. The molecule has 4 rings (SSSR count). The zero-order valence-corrected chi connectivity index (χ0v) is 20.1. The van der Waals surface area contributed by atoms with Crippen LogP contribution in [0.2, 0.25) is 0 Å². The first-order valence-electron chi connectivity index (χ1n) is 10.4. The topological polar surface area (TPSA) is 220 Å². The van der Waals surface area contributed by atoms with E-state index >= 15 is 0 Å². The van der Waals surface area contributed by atoms with Crippen LogP contribution in [-0.4, -0.2) is 28.0 Å². The number of nitrogens with zero attached hydrogens (tertiary/aromatic N) is 4. The van der Waals surface area contributed by atoms with Gasteiger partial charge in [-0.25, -0.2) is 0 Å². The summed E-state index contributed by atoms with van der Waals surface area (Å²) in [4.78, 5) is 16.8. The monoisotopic (exact) mass is 478 g/mol. The van der Waals surface area contributed by atoms with E-state index in [4.69, 9.17) is 20.7 Å². The lowest BCUT2D eigenvalue weighted by Crippen LogP contribution is -2.32. The van der Waals surface area contributed by atoms with Crippen LogP contribution < -0.4 is 40.6 Å². The molecule has 1 aromatic carbocycles. The Labute approximate surface area is 204 Å². The number of rotatable bonds is 5. The number of aromatic nitrogens is 3. The van der Waals surface area contributed by atoms with E-state index in [1.54, 1.807) is 0 Å². The second kappa shape index (κ2) is 15.5. The highest BCUT2D eigenvalue weighted by molar-refractivity contribution is 5.85. The highest BCUT2D eigenvalue weighted by Gasteiger charge is 2.22. The van der Waals surface area contributed by atoms with Crippen molar-refractivity contribution in [2.45, 2.75) is 63.8 Å². The van der Waals surface area contributed by atoms with Crippen molar-refractivity contribution in [3.8, 4) is 0 Å². The number of nitrogens with one attached hydrogen (secondary N) is 1. The average Bonchev–Trinajstić information content (AvgIpc) is 2.73. The van der Waals surface area contributed by atoms with Crippen LogP contribution in [0.5, 0.6) is 0 Å². The Morgan fingerprint density at radius 3 is 2.22 bits per heavy atom. The molecule has 2 aromatic rings. The van der Waals surface area contributed by atoms with Crippen LogP contribution in [0.4, 0.5) is 17.6 Å². The van der Waals surface area contributed by atoms with Crippen molar-refractivity contribution in [1.29, 1.82) is 0 Å². The predicted octanol–water partition coefficient (Wildman–Crippen LogP) is 6.16. The van der Waals surface area contributed by atoms with Crippen molar-refractivity contribution in [3.05, 3.63) is 35.7 Å². The third kappa shape index (κ3) is 8.36. The largest absolute Gasteiger partial charge is 0.399 e. The summed E-state index contributed by atoms with van der Waals surface area (Å²) in [5, 5.41) is 3.40. The molecule has 32 heavy (non-hydrogen) atoms. The van der Waals surface area contributed by atoms with Gasteiger partial charge in [0.15, 0.2) is 0 Å². The molecule has 1 saturated heterocycles. The number of hydrogen-bond acceptors (Lipinski definition) is 10. The van der Waals surface area contributed by atoms with Gasteiger partial charge in [-0.2, -0.15) is 15.0 Å².